The molecule has 0 heterocycles. The van der Waals surface area contributed by atoms with Crippen molar-refractivity contribution in [2.45, 2.75) is 44.7 Å². The number of alkyl halides is 3. The number of nitrogen functional groups attached to an aromatic ring is 1. The molecule has 0 radical (unpaired) electrons. The Labute approximate surface area is 123 Å². The Morgan fingerprint density at radius 1 is 1.24 bits per heavy atom. The molecule has 120 valence electrons. The molecule has 0 aliphatic carbocycles. The fourth-order valence-corrected chi connectivity index (χ4v) is 2.39. The van der Waals surface area contributed by atoms with Gasteiger partial charge in [0.25, 0.3) is 0 Å². The lowest BCUT2D eigenvalue weighted by molar-refractivity contribution is -0.140. The summed E-state index contributed by atoms with van der Waals surface area (Å²) in [5, 5.41) is 0. The second-order valence-electron chi connectivity index (χ2n) is 5.69. The normalized spacial score (nSPS) is 15.8. The summed E-state index contributed by atoms with van der Waals surface area (Å²) in [5.74, 6) is -1.40. The number of rotatable bonds is 3. The van der Waals surface area contributed by atoms with E-state index in [9.17, 15) is 21.8 Å². The number of anilines is 1. The van der Waals surface area contributed by atoms with Crippen molar-refractivity contribution >= 4 is 16.7 Å². The zero-order chi connectivity index (χ0) is 16.6. The molecule has 3 N–H and O–H groups in total. The third-order valence-electron chi connectivity index (χ3n) is 2.73. The van der Waals surface area contributed by atoms with Crippen molar-refractivity contribution in [3.8, 4) is 0 Å². The van der Waals surface area contributed by atoms with Gasteiger partial charge in [-0.1, -0.05) is 0 Å². The van der Waals surface area contributed by atoms with Crippen LogP contribution in [0.25, 0.3) is 0 Å². The first-order valence-corrected chi connectivity index (χ1v) is 7.33. The van der Waals surface area contributed by atoms with Gasteiger partial charge in [-0.15, -0.1) is 0 Å². The SMILES string of the molecule is C[C@H](N[S@@](=O)C(C)(C)C)c1cc(N)cc(C(F)(F)F)c1F. The third kappa shape index (κ3) is 4.41. The van der Waals surface area contributed by atoms with E-state index in [0.29, 0.717) is 6.07 Å². The molecule has 8 heteroatoms. The van der Waals surface area contributed by atoms with Crippen LogP contribution in [-0.4, -0.2) is 8.96 Å². The van der Waals surface area contributed by atoms with Crippen LogP contribution in [-0.2, 0) is 17.2 Å². The predicted octanol–water partition coefficient (Wildman–Crippen LogP) is 3.54. The van der Waals surface area contributed by atoms with Crippen molar-refractivity contribution in [3.05, 3.63) is 29.1 Å². The van der Waals surface area contributed by atoms with E-state index in [2.05, 4.69) is 4.72 Å². The Bertz CT molecular complexity index is 552. The van der Waals surface area contributed by atoms with Crippen molar-refractivity contribution in [2.24, 2.45) is 0 Å². The Morgan fingerprint density at radius 2 is 1.76 bits per heavy atom. The summed E-state index contributed by atoms with van der Waals surface area (Å²) in [7, 11) is -1.55. The van der Waals surface area contributed by atoms with E-state index in [-0.39, 0.29) is 11.3 Å². The van der Waals surface area contributed by atoms with Gasteiger partial charge in [0.15, 0.2) is 0 Å². The summed E-state index contributed by atoms with van der Waals surface area (Å²) in [5.41, 5.74) is 3.52. The first-order valence-electron chi connectivity index (χ1n) is 6.18. The molecule has 0 aromatic heterocycles. The minimum absolute atomic E-state index is 0.200. The second kappa shape index (κ2) is 5.92. The average molecular weight is 326 g/mol. The molecule has 3 nitrogen and oxygen atoms in total. The minimum Gasteiger partial charge on any atom is -0.399 e. The Balaban J connectivity index is 3.20. The van der Waals surface area contributed by atoms with Gasteiger partial charge in [-0.25, -0.2) is 13.3 Å². The van der Waals surface area contributed by atoms with Crippen molar-refractivity contribution in [2.75, 3.05) is 5.73 Å². The maximum atomic E-state index is 14.0. The van der Waals surface area contributed by atoms with E-state index in [4.69, 9.17) is 5.73 Å². The molecule has 0 aliphatic heterocycles. The molecule has 0 saturated heterocycles. The van der Waals surface area contributed by atoms with Crippen molar-refractivity contribution in [1.82, 2.24) is 4.72 Å². The van der Waals surface area contributed by atoms with Crippen LogP contribution in [0.3, 0.4) is 0 Å². The van der Waals surface area contributed by atoms with Crippen LogP contribution in [0.2, 0.25) is 0 Å². The van der Waals surface area contributed by atoms with Crippen molar-refractivity contribution in [3.63, 3.8) is 0 Å². The highest BCUT2D eigenvalue weighted by atomic mass is 32.2. The molecule has 0 unspecified atom stereocenters. The van der Waals surface area contributed by atoms with Gasteiger partial charge >= 0.3 is 6.18 Å². The van der Waals surface area contributed by atoms with Crippen LogP contribution >= 0.6 is 0 Å². The zero-order valence-corrected chi connectivity index (χ0v) is 13.0. The molecule has 21 heavy (non-hydrogen) atoms. The highest BCUT2D eigenvalue weighted by molar-refractivity contribution is 7.84. The Morgan fingerprint density at radius 3 is 2.19 bits per heavy atom. The fraction of sp³-hybridized carbons (Fsp3) is 0.538. The molecule has 0 aliphatic rings. The standard InChI is InChI=1S/C13H18F4N2OS/c1-7(19-21(20)12(2,3)4)9-5-8(18)6-10(11(9)14)13(15,16)17/h5-7,19H,18H2,1-4H3/t7-,21-/m0/s1. The summed E-state index contributed by atoms with van der Waals surface area (Å²) >= 11 is 0. The minimum atomic E-state index is -4.84. The number of hydrogen-bond acceptors (Lipinski definition) is 2. The van der Waals surface area contributed by atoms with Crippen molar-refractivity contribution in [1.29, 1.82) is 0 Å². The fourth-order valence-electron chi connectivity index (χ4n) is 1.59. The van der Waals surface area contributed by atoms with Gasteiger partial charge < -0.3 is 5.73 Å². The predicted molar refractivity (Wildman–Crippen MR) is 75.3 cm³/mol. The van der Waals surface area contributed by atoms with Crippen molar-refractivity contribution < 1.29 is 21.8 Å². The lowest BCUT2D eigenvalue weighted by Gasteiger charge is -2.23. The van der Waals surface area contributed by atoms with Crippen LogP contribution < -0.4 is 10.5 Å². The van der Waals surface area contributed by atoms with Gasteiger partial charge in [-0.3, -0.25) is 0 Å². The maximum Gasteiger partial charge on any atom is 0.419 e. The number of nitrogens with two attached hydrogens (primary N) is 1. The van der Waals surface area contributed by atoms with Crippen LogP contribution in [0.15, 0.2) is 12.1 Å². The molecular weight excluding hydrogens is 308 g/mol. The lowest BCUT2D eigenvalue weighted by atomic mass is 10.0. The highest BCUT2D eigenvalue weighted by Gasteiger charge is 2.36. The summed E-state index contributed by atoms with van der Waals surface area (Å²) in [6.45, 7) is 6.51. The zero-order valence-electron chi connectivity index (χ0n) is 12.1. The van der Waals surface area contributed by atoms with Crippen LogP contribution in [0.4, 0.5) is 23.2 Å². The molecule has 0 spiro atoms. The van der Waals surface area contributed by atoms with E-state index in [1.807, 2.05) is 0 Å². The van der Waals surface area contributed by atoms with Gasteiger partial charge in [0.1, 0.15) is 5.82 Å². The number of hydrogen-bond donors (Lipinski definition) is 2. The van der Waals surface area contributed by atoms with E-state index in [1.165, 1.54) is 6.92 Å². The van der Waals surface area contributed by atoms with Gasteiger partial charge in [0, 0.05) is 17.3 Å². The average Bonchev–Trinajstić information content (AvgIpc) is 2.28. The number of halogens is 4. The van der Waals surface area contributed by atoms with E-state index in [0.717, 1.165) is 6.07 Å². The molecule has 0 fully saturated rings. The molecule has 0 bridgehead atoms. The smallest absolute Gasteiger partial charge is 0.399 e. The lowest BCUT2D eigenvalue weighted by Crippen LogP contribution is -2.35. The van der Waals surface area contributed by atoms with Crippen LogP contribution in [0.1, 0.15) is 44.9 Å². The third-order valence-corrected chi connectivity index (χ3v) is 4.41. The quantitative estimate of drug-likeness (QED) is 0.659. The molecular formula is C13H18F4N2OS. The number of benzene rings is 1. The second-order valence-corrected chi connectivity index (χ2v) is 7.69. The van der Waals surface area contributed by atoms with Gasteiger partial charge in [-0.2, -0.15) is 13.2 Å². The molecule has 1 aromatic rings. The van der Waals surface area contributed by atoms with Crippen LogP contribution in [0.5, 0.6) is 0 Å². The maximum absolute atomic E-state index is 14.0. The summed E-state index contributed by atoms with van der Waals surface area (Å²) in [6, 6.07) is 0.781. The summed E-state index contributed by atoms with van der Waals surface area (Å²) in [4.78, 5) is 0. The Hall–Kier alpha value is -1.15. The summed E-state index contributed by atoms with van der Waals surface area (Å²) < 4.78 is 66.2. The van der Waals surface area contributed by atoms with Gasteiger partial charge in [0.05, 0.1) is 21.3 Å². The monoisotopic (exact) mass is 326 g/mol. The Kier molecular flexibility index (Phi) is 5.05. The summed E-state index contributed by atoms with van der Waals surface area (Å²) in [6.07, 6.45) is -4.84. The first-order chi connectivity index (χ1) is 9.34. The molecule has 2 atom stereocenters. The van der Waals surface area contributed by atoms with E-state index >= 15 is 0 Å². The van der Waals surface area contributed by atoms with Crippen LogP contribution in [0, 0.1) is 5.82 Å². The molecule has 0 saturated carbocycles. The topological polar surface area (TPSA) is 55.1 Å². The largest absolute Gasteiger partial charge is 0.419 e. The van der Waals surface area contributed by atoms with Gasteiger partial charge in [0.2, 0.25) is 0 Å². The molecule has 1 rings (SSSR count). The van der Waals surface area contributed by atoms with Gasteiger partial charge in [-0.05, 0) is 39.8 Å². The molecule has 1 aromatic carbocycles. The first kappa shape index (κ1) is 17.9. The molecule has 0 amide bonds. The van der Waals surface area contributed by atoms with E-state index < -0.39 is 39.3 Å². The highest BCUT2D eigenvalue weighted by Crippen LogP contribution is 2.35. The number of nitrogens with one attached hydrogen (secondary N) is 1. The van der Waals surface area contributed by atoms with E-state index in [1.54, 1.807) is 20.8 Å².